The molecular formula is C75H109N17O8Si. The number of fused-ring (bicyclic) bond motifs is 1. The summed E-state index contributed by atoms with van der Waals surface area (Å²) in [5.74, 6) is 4.12. The van der Waals surface area contributed by atoms with E-state index >= 15 is 0 Å². The molecule has 11 rings (SSSR count). The maximum absolute atomic E-state index is 13.5. The van der Waals surface area contributed by atoms with Crippen molar-refractivity contribution in [1.29, 1.82) is 0 Å². The van der Waals surface area contributed by atoms with Crippen molar-refractivity contribution in [1.82, 2.24) is 59.1 Å². The largest absolute Gasteiger partial charge is 0.481 e. The van der Waals surface area contributed by atoms with Gasteiger partial charge < -0.3 is 54.1 Å². The first kappa shape index (κ1) is 77.1. The van der Waals surface area contributed by atoms with Crippen molar-refractivity contribution in [2.45, 2.75) is 150 Å². The fourth-order valence-corrected chi connectivity index (χ4v) is 13.6. The van der Waals surface area contributed by atoms with Crippen LogP contribution in [0.1, 0.15) is 121 Å². The van der Waals surface area contributed by atoms with Gasteiger partial charge in [-0.25, -0.2) is 24.9 Å². The number of aromatic nitrogens is 8. The molecule has 0 radical (unpaired) electrons. The molecule has 0 aliphatic carbocycles. The molecule has 0 unspecified atom stereocenters. The Morgan fingerprint density at radius 2 is 1.08 bits per heavy atom. The van der Waals surface area contributed by atoms with Gasteiger partial charge in [-0.05, 0) is 94.8 Å². The summed E-state index contributed by atoms with van der Waals surface area (Å²) in [5, 5.41) is 17.9. The molecule has 0 bridgehead atoms. The molecular weight excluding hydrogens is 1300 g/mol. The van der Waals surface area contributed by atoms with E-state index in [0.29, 0.717) is 53.6 Å². The van der Waals surface area contributed by atoms with Crippen molar-refractivity contribution in [3.05, 3.63) is 120 Å². The standard InChI is InChI=1S/C39H60N8O3Si.C34H45N9O3.C2H4O2/c1-29(2)42-34-26-37(43-36-13-16-40-38(44-36)47-17-14-33(49-6)15-18-47)41-27-32(34)25-35(48)31-11-9-30(10-12-31)28-46-21-19-45(20-22-46)23-24-50-51(7,8)39(3,4)5;1-24(2)43-30-21-32(38-31-9-12-35-34(39-31)42-13-10-28(45-4)11-14-42)36-22-29(30)37-33(43)27-7-5-26(6-8-27)23-41-17-15-40(16-18-41)19-20-46-25(3)44;1-2(3)4/h9-13,16,26-27,29,33H,14-15,17-25,28H2,1-8H3,(H2,40,41,42,43,44);5-9,12,21-22,24,28H,10-11,13-20,23H2,1-4H3,(H,35,36,38,39);1H3,(H,3,4). The first-order chi connectivity index (χ1) is 48.4. The van der Waals surface area contributed by atoms with Crippen molar-refractivity contribution in [2.75, 3.05) is 145 Å². The van der Waals surface area contributed by atoms with Crippen LogP contribution >= 0.6 is 0 Å². The van der Waals surface area contributed by atoms with Gasteiger partial charge >= 0.3 is 5.97 Å². The molecule has 4 aliphatic rings. The van der Waals surface area contributed by atoms with Gasteiger partial charge in [0.05, 0.1) is 23.9 Å². The summed E-state index contributed by atoms with van der Waals surface area (Å²) >= 11 is 0. The molecule has 4 saturated heterocycles. The van der Waals surface area contributed by atoms with Gasteiger partial charge in [-0.15, -0.1) is 0 Å². The average molecular weight is 1400 g/mol. The third-order valence-electron chi connectivity index (χ3n) is 19.4. The SMILES string of the molecule is CC(=O)O.COC1CCN(c2nccc(Nc3cc(NC(C)C)c(CC(=O)c4ccc(CN5CCN(CCO[Si](C)(C)C(C)(C)C)CC5)cc4)cn3)n2)CC1.COC1CCN(c2nccc(Nc3cc4c(cn3)nc(-c3ccc(CN5CCN(CCOC(C)=O)CC5)cc3)n4C(C)C)n2)CC1. The molecule has 0 atom stereocenters. The highest BCUT2D eigenvalue weighted by Gasteiger charge is 2.37. The minimum atomic E-state index is -1.70. The second-order valence-electron chi connectivity index (χ2n) is 28.8. The number of benzene rings is 2. The average Bonchev–Trinajstić information content (AvgIpc) is 1.63. The Balaban J connectivity index is 0.000000224. The zero-order valence-corrected chi connectivity index (χ0v) is 62.9. The summed E-state index contributed by atoms with van der Waals surface area (Å²) < 4.78 is 24.8. The summed E-state index contributed by atoms with van der Waals surface area (Å²) in [4.78, 5) is 80.7. The third-order valence-corrected chi connectivity index (χ3v) is 23.9. The number of esters is 1. The van der Waals surface area contributed by atoms with E-state index in [1.54, 1.807) is 32.8 Å². The molecule has 0 amide bonds. The minimum absolute atomic E-state index is 0.0714. The first-order valence-corrected chi connectivity index (χ1v) is 38.8. The summed E-state index contributed by atoms with van der Waals surface area (Å²) in [6.07, 6.45) is 11.9. The van der Waals surface area contributed by atoms with Crippen LogP contribution in [0.4, 0.5) is 40.9 Å². The number of nitrogens with zero attached hydrogens (tertiary/aromatic N) is 14. The number of pyridine rings is 2. The molecule has 0 saturated carbocycles. The first-order valence-electron chi connectivity index (χ1n) is 35.9. The topological polar surface area (TPSA) is 259 Å². The molecule has 9 heterocycles. The van der Waals surface area contributed by atoms with Crippen LogP contribution in [-0.4, -0.2) is 228 Å². The van der Waals surface area contributed by atoms with Crippen molar-refractivity contribution in [3.8, 4) is 11.4 Å². The Labute approximate surface area is 598 Å². The molecule has 7 aromatic rings. The number of carbonyl (C=O) groups excluding carboxylic acids is 2. The molecule has 2 aromatic carbocycles. The zero-order valence-electron chi connectivity index (χ0n) is 61.9. The van der Waals surface area contributed by atoms with Crippen molar-refractivity contribution >= 4 is 77.9 Å². The van der Waals surface area contributed by atoms with E-state index in [1.807, 2.05) is 36.5 Å². The Morgan fingerprint density at radius 1 is 0.604 bits per heavy atom. The number of hydrogen-bond acceptors (Lipinski definition) is 23. The summed E-state index contributed by atoms with van der Waals surface area (Å²) in [7, 11) is 1.85. The predicted octanol–water partition coefficient (Wildman–Crippen LogP) is 11.2. The van der Waals surface area contributed by atoms with Crippen LogP contribution in [0.5, 0.6) is 0 Å². The number of ketones is 1. The minimum Gasteiger partial charge on any atom is -0.481 e. The van der Waals surface area contributed by atoms with Crippen LogP contribution in [0.25, 0.3) is 22.4 Å². The Kier molecular flexibility index (Phi) is 28.0. The van der Waals surface area contributed by atoms with Crippen LogP contribution < -0.4 is 25.8 Å². The quantitative estimate of drug-likeness (QED) is 0.0223. The fraction of sp³-hybridized carbons (Fsp3) is 0.547. The van der Waals surface area contributed by atoms with Gasteiger partial charge in [-0.1, -0.05) is 69.3 Å². The smallest absolute Gasteiger partial charge is 0.302 e. The van der Waals surface area contributed by atoms with Crippen LogP contribution in [0.3, 0.4) is 0 Å². The van der Waals surface area contributed by atoms with E-state index in [-0.39, 0.29) is 35.3 Å². The maximum atomic E-state index is 13.5. The number of ether oxygens (including phenoxy) is 3. The number of methoxy groups -OCH3 is 2. The lowest BCUT2D eigenvalue weighted by atomic mass is 10.0. The van der Waals surface area contributed by atoms with Crippen molar-refractivity contribution < 1.29 is 38.1 Å². The van der Waals surface area contributed by atoms with Gasteiger partial charge in [0.15, 0.2) is 14.1 Å². The van der Waals surface area contributed by atoms with Gasteiger partial charge in [0.2, 0.25) is 11.9 Å². The Bertz CT molecular complexity index is 3760. The lowest BCUT2D eigenvalue weighted by Crippen LogP contribution is -2.48. The lowest BCUT2D eigenvalue weighted by Gasteiger charge is -2.38. The molecule has 4 N–H and O–H groups in total. The summed E-state index contributed by atoms with van der Waals surface area (Å²) in [5.41, 5.74) is 7.93. The van der Waals surface area contributed by atoms with Crippen LogP contribution in [0, 0.1) is 0 Å². The van der Waals surface area contributed by atoms with Gasteiger partial charge in [-0.3, -0.25) is 34.0 Å². The van der Waals surface area contributed by atoms with E-state index in [2.05, 4.69) is 174 Å². The molecule has 0 spiro atoms. The normalized spacial score (nSPS) is 16.4. The van der Waals surface area contributed by atoms with Crippen molar-refractivity contribution in [3.63, 3.8) is 0 Å². The number of piperazine rings is 2. The highest BCUT2D eigenvalue weighted by atomic mass is 28.4. The Morgan fingerprint density at radius 3 is 1.55 bits per heavy atom. The summed E-state index contributed by atoms with van der Waals surface area (Å²) in [6, 6.07) is 25.0. The lowest BCUT2D eigenvalue weighted by molar-refractivity contribution is -0.141. The molecule has 4 fully saturated rings. The predicted molar refractivity (Wildman–Crippen MR) is 402 cm³/mol. The number of carboxylic acids is 1. The van der Waals surface area contributed by atoms with Gasteiger partial charge in [0.25, 0.3) is 5.97 Å². The number of Topliss-reactive ketones (excluding diaryl/α,β-unsaturated/α-hetero) is 1. The van der Waals surface area contributed by atoms with E-state index in [9.17, 15) is 9.59 Å². The fourth-order valence-electron chi connectivity index (χ4n) is 12.6. The maximum Gasteiger partial charge on any atom is 0.302 e. The molecule has 25 nitrogen and oxygen atoms in total. The monoisotopic (exact) mass is 1400 g/mol. The number of carboxylic acid groups (broad SMARTS) is 1. The number of rotatable bonds is 26. The Hall–Kier alpha value is -8.08. The van der Waals surface area contributed by atoms with E-state index in [0.717, 1.165) is 184 Å². The highest BCUT2D eigenvalue weighted by Crippen LogP contribution is 2.37. The summed E-state index contributed by atoms with van der Waals surface area (Å²) in [6.45, 7) is 39.1. The van der Waals surface area contributed by atoms with Crippen molar-refractivity contribution in [2.24, 2.45) is 0 Å². The molecule has 546 valence electrons. The number of nitrogens with one attached hydrogen (secondary N) is 3. The van der Waals surface area contributed by atoms with Gasteiger partial charge in [-0.2, -0.15) is 9.97 Å². The highest BCUT2D eigenvalue weighted by molar-refractivity contribution is 6.74. The van der Waals surface area contributed by atoms with Crippen LogP contribution in [0.2, 0.25) is 18.1 Å². The van der Waals surface area contributed by atoms with Gasteiger partial charge in [0, 0.05) is 211 Å². The second kappa shape index (κ2) is 36.7. The number of hydrogen-bond donors (Lipinski definition) is 4. The molecule has 5 aromatic heterocycles. The van der Waals surface area contributed by atoms with E-state index < -0.39 is 14.3 Å². The number of carbonyl (C=O) groups is 3. The molecule has 101 heavy (non-hydrogen) atoms. The number of anilines is 7. The van der Waals surface area contributed by atoms with Crippen LogP contribution in [-0.2, 0) is 47.7 Å². The van der Waals surface area contributed by atoms with Gasteiger partial charge in [0.1, 0.15) is 41.2 Å². The number of aliphatic carboxylic acids is 1. The molecule has 26 heteroatoms. The second-order valence-corrected chi connectivity index (χ2v) is 33.6. The van der Waals surface area contributed by atoms with E-state index in [1.165, 1.54) is 18.1 Å². The third kappa shape index (κ3) is 23.0. The van der Waals surface area contributed by atoms with E-state index in [4.69, 9.17) is 43.5 Å². The number of imidazole rings is 1. The molecule has 4 aliphatic heterocycles. The zero-order chi connectivity index (χ0) is 72.2. The van der Waals surface area contributed by atoms with Crippen LogP contribution in [0.15, 0.2) is 97.6 Å². The number of piperidine rings is 2.